The third-order valence-electron chi connectivity index (χ3n) is 3.80. The van der Waals surface area contributed by atoms with Gasteiger partial charge in [0.25, 0.3) is 5.91 Å². The SMILES string of the molecule is O=C1C[C@H]2[C@@H](CCN2C(=O)c2csnn2)N1CCO. The Morgan fingerprint density at radius 1 is 1.53 bits per heavy atom. The predicted octanol–water partition coefficient (Wildman–Crippen LogP) is -0.654. The first-order chi connectivity index (χ1) is 9.22. The molecule has 3 rings (SSSR count). The molecule has 2 amide bonds. The Balaban J connectivity index is 1.77. The van der Waals surface area contributed by atoms with E-state index < -0.39 is 0 Å². The molecule has 2 atom stereocenters. The minimum Gasteiger partial charge on any atom is -0.395 e. The van der Waals surface area contributed by atoms with Gasteiger partial charge in [-0.1, -0.05) is 4.49 Å². The molecule has 0 radical (unpaired) electrons. The van der Waals surface area contributed by atoms with Gasteiger partial charge in [0.1, 0.15) is 0 Å². The predicted molar refractivity (Wildman–Crippen MR) is 66.6 cm³/mol. The molecule has 1 aromatic rings. The molecule has 7 nitrogen and oxygen atoms in total. The molecule has 0 aromatic carbocycles. The van der Waals surface area contributed by atoms with E-state index in [2.05, 4.69) is 9.59 Å². The molecule has 8 heteroatoms. The highest BCUT2D eigenvalue weighted by Crippen LogP contribution is 2.32. The van der Waals surface area contributed by atoms with Crippen molar-refractivity contribution < 1.29 is 14.7 Å². The molecule has 0 unspecified atom stereocenters. The lowest BCUT2D eigenvalue weighted by molar-refractivity contribution is -0.129. The Labute approximate surface area is 114 Å². The highest BCUT2D eigenvalue weighted by atomic mass is 32.1. The van der Waals surface area contributed by atoms with Gasteiger partial charge in [-0.25, -0.2) is 0 Å². The van der Waals surface area contributed by atoms with Gasteiger partial charge in [-0.05, 0) is 18.0 Å². The van der Waals surface area contributed by atoms with Crippen molar-refractivity contribution in [1.29, 1.82) is 0 Å². The number of carbonyl (C=O) groups excluding carboxylic acids is 2. The molecular weight excluding hydrogens is 268 g/mol. The number of aliphatic hydroxyl groups is 1. The molecule has 2 saturated heterocycles. The first kappa shape index (κ1) is 12.5. The highest BCUT2D eigenvalue weighted by Gasteiger charge is 2.48. The van der Waals surface area contributed by atoms with Gasteiger partial charge in [-0.15, -0.1) is 5.10 Å². The molecular formula is C11H14N4O3S. The van der Waals surface area contributed by atoms with Gasteiger partial charge < -0.3 is 14.9 Å². The average molecular weight is 282 g/mol. The summed E-state index contributed by atoms with van der Waals surface area (Å²) in [6, 6.07) is -0.0524. The fraction of sp³-hybridized carbons (Fsp3) is 0.636. The molecule has 102 valence electrons. The Hall–Kier alpha value is -1.54. The number of β-amino-alcohol motifs (C(OH)–C–C–N with tert-alkyl or cyclic N) is 1. The maximum Gasteiger partial charge on any atom is 0.275 e. The summed E-state index contributed by atoms with van der Waals surface area (Å²) in [4.78, 5) is 27.6. The van der Waals surface area contributed by atoms with E-state index in [1.807, 2.05) is 0 Å². The van der Waals surface area contributed by atoms with Gasteiger partial charge >= 0.3 is 0 Å². The van der Waals surface area contributed by atoms with Crippen LogP contribution >= 0.6 is 11.5 Å². The second kappa shape index (κ2) is 4.86. The second-order valence-electron chi connectivity index (χ2n) is 4.73. The smallest absolute Gasteiger partial charge is 0.275 e. The topological polar surface area (TPSA) is 86.6 Å². The zero-order valence-corrected chi connectivity index (χ0v) is 11.0. The molecule has 3 heterocycles. The lowest BCUT2D eigenvalue weighted by atomic mass is 10.1. The van der Waals surface area contributed by atoms with E-state index in [4.69, 9.17) is 5.11 Å². The van der Waals surface area contributed by atoms with Crippen molar-refractivity contribution >= 4 is 23.3 Å². The van der Waals surface area contributed by atoms with Crippen LogP contribution in [0.2, 0.25) is 0 Å². The standard InChI is InChI=1S/C11H14N4O3S/c16-4-3-14-8-1-2-15(9(8)5-10(14)17)11(18)7-6-19-13-12-7/h6,8-9,16H,1-5H2/t8-,9+/m1/s1. The Morgan fingerprint density at radius 2 is 2.37 bits per heavy atom. The molecule has 0 bridgehead atoms. The summed E-state index contributed by atoms with van der Waals surface area (Å²) >= 11 is 1.14. The van der Waals surface area contributed by atoms with Gasteiger partial charge in [0.2, 0.25) is 5.91 Å². The Morgan fingerprint density at radius 3 is 3.05 bits per heavy atom. The average Bonchev–Trinajstić information content (AvgIpc) is 3.08. The van der Waals surface area contributed by atoms with Crippen molar-refractivity contribution in [2.45, 2.75) is 24.9 Å². The van der Waals surface area contributed by atoms with Crippen LogP contribution in [0.1, 0.15) is 23.3 Å². The van der Waals surface area contributed by atoms with Crippen LogP contribution in [-0.2, 0) is 4.79 Å². The van der Waals surface area contributed by atoms with Crippen molar-refractivity contribution in [3.63, 3.8) is 0 Å². The largest absolute Gasteiger partial charge is 0.395 e. The fourth-order valence-electron chi connectivity index (χ4n) is 2.98. The molecule has 2 aliphatic rings. The maximum absolute atomic E-state index is 12.3. The molecule has 0 spiro atoms. The van der Waals surface area contributed by atoms with Crippen molar-refractivity contribution in [2.24, 2.45) is 0 Å². The summed E-state index contributed by atoms with van der Waals surface area (Å²) in [5, 5.41) is 14.4. The van der Waals surface area contributed by atoms with Crippen molar-refractivity contribution in [3.05, 3.63) is 11.1 Å². The van der Waals surface area contributed by atoms with E-state index >= 15 is 0 Å². The number of rotatable bonds is 3. The monoisotopic (exact) mass is 282 g/mol. The van der Waals surface area contributed by atoms with Gasteiger partial charge in [-0.2, -0.15) is 0 Å². The van der Waals surface area contributed by atoms with Crippen molar-refractivity contribution in [1.82, 2.24) is 19.4 Å². The van der Waals surface area contributed by atoms with E-state index in [0.717, 1.165) is 18.0 Å². The Bertz CT molecular complexity index is 492. The summed E-state index contributed by atoms with van der Waals surface area (Å²) in [7, 11) is 0. The van der Waals surface area contributed by atoms with E-state index in [0.29, 0.717) is 25.2 Å². The Kier molecular flexibility index (Phi) is 3.19. The number of aliphatic hydroxyl groups excluding tert-OH is 1. The number of likely N-dealkylation sites (tertiary alicyclic amines) is 2. The van der Waals surface area contributed by atoms with Gasteiger partial charge in [0, 0.05) is 24.9 Å². The lowest BCUT2D eigenvalue weighted by Crippen LogP contribution is -2.40. The zero-order chi connectivity index (χ0) is 13.4. The van der Waals surface area contributed by atoms with Crippen molar-refractivity contribution in [2.75, 3.05) is 19.7 Å². The van der Waals surface area contributed by atoms with Crippen LogP contribution in [0.5, 0.6) is 0 Å². The van der Waals surface area contributed by atoms with Crippen LogP contribution in [0, 0.1) is 0 Å². The summed E-state index contributed by atoms with van der Waals surface area (Å²) in [6.45, 7) is 0.931. The van der Waals surface area contributed by atoms with Crippen LogP contribution < -0.4 is 0 Å². The van der Waals surface area contributed by atoms with Crippen LogP contribution in [0.25, 0.3) is 0 Å². The first-order valence-corrected chi connectivity index (χ1v) is 7.04. The van der Waals surface area contributed by atoms with Gasteiger partial charge in [0.05, 0.1) is 18.7 Å². The number of fused-ring (bicyclic) bond motifs is 1. The summed E-state index contributed by atoms with van der Waals surface area (Å²) < 4.78 is 3.69. The second-order valence-corrected chi connectivity index (χ2v) is 5.34. The van der Waals surface area contributed by atoms with Gasteiger partial charge in [0.15, 0.2) is 5.69 Å². The number of amides is 2. The molecule has 0 saturated carbocycles. The number of aromatic nitrogens is 2. The summed E-state index contributed by atoms with van der Waals surface area (Å²) in [6.07, 6.45) is 1.10. The quantitative estimate of drug-likeness (QED) is 0.796. The number of hydrogen-bond donors (Lipinski definition) is 1. The number of carbonyl (C=O) groups is 2. The maximum atomic E-state index is 12.3. The molecule has 1 N–H and O–H groups in total. The first-order valence-electron chi connectivity index (χ1n) is 6.20. The third-order valence-corrected chi connectivity index (χ3v) is 4.30. The molecule has 19 heavy (non-hydrogen) atoms. The van der Waals surface area contributed by atoms with E-state index in [1.54, 1.807) is 15.2 Å². The third kappa shape index (κ3) is 2.00. The van der Waals surface area contributed by atoms with E-state index in [9.17, 15) is 9.59 Å². The normalized spacial score (nSPS) is 26.1. The molecule has 2 aliphatic heterocycles. The lowest BCUT2D eigenvalue weighted by Gasteiger charge is -2.24. The van der Waals surface area contributed by atoms with Gasteiger partial charge in [-0.3, -0.25) is 9.59 Å². The minimum atomic E-state index is -0.153. The molecule has 0 aliphatic carbocycles. The molecule has 1 aromatic heterocycles. The van der Waals surface area contributed by atoms with Crippen molar-refractivity contribution in [3.8, 4) is 0 Å². The van der Waals surface area contributed by atoms with E-state index in [1.165, 1.54) is 0 Å². The summed E-state index contributed by atoms with van der Waals surface area (Å²) in [5.74, 6) is -0.141. The van der Waals surface area contributed by atoms with Crippen LogP contribution in [0.3, 0.4) is 0 Å². The molecule has 2 fully saturated rings. The van der Waals surface area contributed by atoms with Crippen LogP contribution in [-0.4, -0.2) is 68.1 Å². The zero-order valence-electron chi connectivity index (χ0n) is 10.2. The van der Waals surface area contributed by atoms with Crippen LogP contribution in [0.15, 0.2) is 5.38 Å². The van der Waals surface area contributed by atoms with Crippen LogP contribution in [0.4, 0.5) is 0 Å². The highest BCUT2D eigenvalue weighted by molar-refractivity contribution is 7.03. The fourth-order valence-corrected chi connectivity index (χ4v) is 3.41. The number of nitrogens with zero attached hydrogens (tertiary/aromatic N) is 4. The number of hydrogen-bond acceptors (Lipinski definition) is 6. The minimum absolute atomic E-state index is 0.0120. The summed E-state index contributed by atoms with van der Waals surface area (Å²) in [5.41, 5.74) is 0.346. The van der Waals surface area contributed by atoms with E-state index in [-0.39, 0.29) is 30.5 Å².